The van der Waals surface area contributed by atoms with E-state index < -0.39 is 0 Å². The number of amides is 1. The number of nitrogens with one attached hydrogen (secondary N) is 2. The second-order valence-corrected chi connectivity index (χ2v) is 5.03. The van der Waals surface area contributed by atoms with Gasteiger partial charge in [-0.2, -0.15) is 0 Å². The van der Waals surface area contributed by atoms with E-state index >= 15 is 0 Å². The molecule has 0 bridgehead atoms. The summed E-state index contributed by atoms with van der Waals surface area (Å²) >= 11 is 1.77. The van der Waals surface area contributed by atoms with Crippen LogP contribution in [0, 0.1) is 0 Å². The summed E-state index contributed by atoms with van der Waals surface area (Å²) in [5.41, 5.74) is 1.26. The summed E-state index contributed by atoms with van der Waals surface area (Å²) < 4.78 is 2.02. The number of nitrogens with zero attached hydrogens (tertiary/aromatic N) is 1. The molecule has 1 saturated heterocycles. The average Bonchev–Trinajstić information content (AvgIpc) is 2.89. The maximum absolute atomic E-state index is 11.6. The van der Waals surface area contributed by atoms with Crippen molar-refractivity contribution < 1.29 is 4.79 Å². The number of thioether (sulfide) groups is 1. The van der Waals surface area contributed by atoms with Crippen molar-refractivity contribution in [1.29, 1.82) is 0 Å². The summed E-state index contributed by atoms with van der Waals surface area (Å²) in [5, 5.41) is 6.11. The minimum absolute atomic E-state index is 0.000716. The van der Waals surface area contributed by atoms with Crippen LogP contribution >= 0.6 is 11.8 Å². The zero-order valence-corrected chi connectivity index (χ0v) is 10.2. The SMILES string of the molecule is Cn1ccc(CCNC(=O)C2CSCN2)c1. The molecule has 0 aromatic carbocycles. The van der Waals surface area contributed by atoms with E-state index in [0.717, 1.165) is 18.1 Å². The van der Waals surface area contributed by atoms with E-state index in [2.05, 4.69) is 22.9 Å². The lowest BCUT2D eigenvalue weighted by Gasteiger charge is -2.09. The first kappa shape index (κ1) is 11.5. The fourth-order valence-corrected chi connectivity index (χ4v) is 2.67. The molecule has 1 amide bonds. The summed E-state index contributed by atoms with van der Waals surface area (Å²) in [7, 11) is 2.00. The Morgan fingerprint density at radius 1 is 1.75 bits per heavy atom. The van der Waals surface area contributed by atoms with Crippen LogP contribution in [0.25, 0.3) is 0 Å². The van der Waals surface area contributed by atoms with Crippen molar-refractivity contribution in [1.82, 2.24) is 15.2 Å². The number of rotatable bonds is 4. The number of hydrogen-bond acceptors (Lipinski definition) is 3. The minimum Gasteiger partial charge on any atom is -0.357 e. The van der Waals surface area contributed by atoms with Crippen molar-refractivity contribution >= 4 is 17.7 Å². The molecule has 5 heteroatoms. The zero-order valence-electron chi connectivity index (χ0n) is 9.40. The Bertz CT molecular complexity index is 358. The van der Waals surface area contributed by atoms with Gasteiger partial charge in [-0.3, -0.25) is 10.1 Å². The van der Waals surface area contributed by atoms with Gasteiger partial charge in [-0.05, 0) is 18.1 Å². The standard InChI is InChI=1S/C11H17N3OS/c1-14-5-3-9(6-14)2-4-12-11(15)10-7-16-8-13-10/h3,5-6,10,13H,2,4,7-8H2,1H3,(H,12,15). The van der Waals surface area contributed by atoms with Gasteiger partial charge < -0.3 is 9.88 Å². The molecule has 0 saturated carbocycles. The molecule has 2 N–H and O–H groups in total. The molecule has 2 heterocycles. The van der Waals surface area contributed by atoms with Crippen LogP contribution in [0.2, 0.25) is 0 Å². The van der Waals surface area contributed by atoms with Gasteiger partial charge in [0.1, 0.15) is 0 Å². The molecule has 1 fully saturated rings. The highest BCUT2D eigenvalue weighted by Gasteiger charge is 2.21. The molecule has 1 aliphatic heterocycles. The van der Waals surface area contributed by atoms with Crippen molar-refractivity contribution in [2.75, 3.05) is 18.2 Å². The second kappa shape index (κ2) is 5.41. The van der Waals surface area contributed by atoms with Gasteiger partial charge in [-0.15, -0.1) is 11.8 Å². The van der Waals surface area contributed by atoms with Crippen molar-refractivity contribution in [2.45, 2.75) is 12.5 Å². The number of aryl methyl sites for hydroxylation is 1. The first-order chi connectivity index (χ1) is 7.75. The van der Waals surface area contributed by atoms with Crippen LogP contribution in [-0.2, 0) is 18.3 Å². The van der Waals surface area contributed by atoms with Gasteiger partial charge >= 0.3 is 0 Å². The van der Waals surface area contributed by atoms with Gasteiger partial charge in [-0.25, -0.2) is 0 Å². The van der Waals surface area contributed by atoms with E-state index in [1.165, 1.54) is 5.56 Å². The van der Waals surface area contributed by atoms with E-state index in [4.69, 9.17) is 0 Å². The third-order valence-corrected chi connectivity index (χ3v) is 3.58. The van der Waals surface area contributed by atoms with Gasteiger partial charge in [0, 0.05) is 37.6 Å². The van der Waals surface area contributed by atoms with Crippen LogP contribution in [-0.4, -0.2) is 34.7 Å². The molecule has 2 rings (SSSR count). The quantitative estimate of drug-likeness (QED) is 0.797. The lowest BCUT2D eigenvalue weighted by molar-refractivity contribution is -0.122. The van der Waals surface area contributed by atoms with Crippen LogP contribution in [0.1, 0.15) is 5.56 Å². The first-order valence-electron chi connectivity index (χ1n) is 5.45. The van der Waals surface area contributed by atoms with Gasteiger partial charge in [0.25, 0.3) is 0 Å². The molecule has 0 radical (unpaired) electrons. The highest BCUT2D eigenvalue weighted by molar-refractivity contribution is 7.99. The largest absolute Gasteiger partial charge is 0.357 e. The van der Waals surface area contributed by atoms with E-state index in [1.807, 2.05) is 17.8 Å². The molecule has 1 aromatic rings. The van der Waals surface area contributed by atoms with E-state index in [0.29, 0.717) is 6.54 Å². The Labute approximate surface area is 99.8 Å². The molecular weight excluding hydrogens is 222 g/mol. The van der Waals surface area contributed by atoms with Gasteiger partial charge in [0.05, 0.1) is 6.04 Å². The normalized spacial score (nSPS) is 19.9. The van der Waals surface area contributed by atoms with Crippen LogP contribution < -0.4 is 10.6 Å². The molecule has 1 unspecified atom stereocenters. The lowest BCUT2D eigenvalue weighted by Crippen LogP contribution is -2.42. The van der Waals surface area contributed by atoms with E-state index in [-0.39, 0.29) is 11.9 Å². The Morgan fingerprint density at radius 3 is 3.25 bits per heavy atom. The van der Waals surface area contributed by atoms with Crippen LogP contribution in [0.15, 0.2) is 18.5 Å². The topological polar surface area (TPSA) is 46.1 Å². The fraction of sp³-hybridized carbons (Fsp3) is 0.545. The smallest absolute Gasteiger partial charge is 0.238 e. The number of aromatic nitrogens is 1. The molecule has 88 valence electrons. The Hall–Kier alpha value is -0.940. The van der Waals surface area contributed by atoms with Gasteiger partial charge in [0.15, 0.2) is 0 Å². The predicted molar refractivity (Wildman–Crippen MR) is 66.4 cm³/mol. The molecule has 4 nitrogen and oxygen atoms in total. The summed E-state index contributed by atoms with van der Waals surface area (Å²) in [5.74, 6) is 1.90. The Morgan fingerprint density at radius 2 is 2.62 bits per heavy atom. The van der Waals surface area contributed by atoms with Crippen molar-refractivity contribution in [2.24, 2.45) is 7.05 Å². The maximum Gasteiger partial charge on any atom is 0.238 e. The van der Waals surface area contributed by atoms with Crippen LogP contribution in [0.3, 0.4) is 0 Å². The number of carbonyl (C=O) groups excluding carboxylic acids is 1. The van der Waals surface area contributed by atoms with E-state index in [1.54, 1.807) is 11.8 Å². The summed E-state index contributed by atoms with van der Waals surface area (Å²) in [6.07, 6.45) is 4.99. The first-order valence-corrected chi connectivity index (χ1v) is 6.61. The Balaban J connectivity index is 1.69. The monoisotopic (exact) mass is 239 g/mol. The van der Waals surface area contributed by atoms with Gasteiger partial charge in [0.2, 0.25) is 5.91 Å². The number of carbonyl (C=O) groups is 1. The molecular formula is C11H17N3OS. The third-order valence-electron chi connectivity index (χ3n) is 2.64. The highest BCUT2D eigenvalue weighted by atomic mass is 32.2. The molecule has 16 heavy (non-hydrogen) atoms. The molecule has 0 aliphatic carbocycles. The summed E-state index contributed by atoms with van der Waals surface area (Å²) in [6, 6.07) is 2.08. The predicted octanol–water partition coefficient (Wildman–Crippen LogP) is 0.346. The highest BCUT2D eigenvalue weighted by Crippen LogP contribution is 2.09. The van der Waals surface area contributed by atoms with Crippen LogP contribution in [0.4, 0.5) is 0 Å². The maximum atomic E-state index is 11.6. The average molecular weight is 239 g/mol. The fourth-order valence-electron chi connectivity index (χ4n) is 1.73. The van der Waals surface area contributed by atoms with Gasteiger partial charge in [-0.1, -0.05) is 0 Å². The molecule has 0 spiro atoms. The lowest BCUT2D eigenvalue weighted by atomic mass is 10.2. The third kappa shape index (κ3) is 3.02. The number of hydrogen-bond donors (Lipinski definition) is 2. The second-order valence-electron chi connectivity index (χ2n) is 4.00. The summed E-state index contributed by atoms with van der Waals surface area (Å²) in [4.78, 5) is 11.6. The van der Waals surface area contributed by atoms with Crippen molar-refractivity contribution in [3.8, 4) is 0 Å². The minimum atomic E-state index is 0.000716. The van der Waals surface area contributed by atoms with Crippen molar-refractivity contribution in [3.05, 3.63) is 24.0 Å². The van der Waals surface area contributed by atoms with Crippen molar-refractivity contribution in [3.63, 3.8) is 0 Å². The Kier molecular flexibility index (Phi) is 3.90. The summed E-state index contributed by atoms with van der Waals surface area (Å²) in [6.45, 7) is 0.714. The molecule has 1 atom stereocenters. The molecule has 1 aliphatic rings. The molecule has 1 aromatic heterocycles. The van der Waals surface area contributed by atoms with Crippen LogP contribution in [0.5, 0.6) is 0 Å². The zero-order chi connectivity index (χ0) is 11.4. The van der Waals surface area contributed by atoms with E-state index in [9.17, 15) is 4.79 Å².